The normalized spacial score (nSPS) is 16.4. The van der Waals surface area contributed by atoms with Crippen molar-refractivity contribution in [2.75, 3.05) is 18.4 Å². The number of piperidine rings is 1. The summed E-state index contributed by atoms with van der Waals surface area (Å²) >= 11 is 0. The van der Waals surface area contributed by atoms with E-state index in [0.717, 1.165) is 25.9 Å². The third-order valence-corrected chi connectivity index (χ3v) is 3.30. The first-order valence-corrected chi connectivity index (χ1v) is 6.38. The molecule has 3 N–H and O–H groups in total. The van der Waals surface area contributed by atoms with Gasteiger partial charge in [0.1, 0.15) is 0 Å². The number of nitrogens with zero attached hydrogens (tertiary/aromatic N) is 3. The van der Waals surface area contributed by atoms with Gasteiger partial charge in [-0.1, -0.05) is 0 Å². The van der Waals surface area contributed by atoms with Gasteiger partial charge in [0.05, 0.1) is 29.7 Å². The van der Waals surface area contributed by atoms with Crippen molar-refractivity contribution < 1.29 is 4.79 Å². The van der Waals surface area contributed by atoms with Crippen LogP contribution in [-0.2, 0) is 0 Å². The summed E-state index contributed by atoms with van der Waals surface area (Å²) in [7, 11) is 0. The topological polar surface area (TPSA) is 87.6 Å². The summed E-state index contributed by atoms with van der Waals surface area (Å²) in [6.07, 6.45) is 8.75. The molecular formula is C12H16N6O. The van der Waals surface area contributed by atoms with Crippen LogP contribution in [-0.4, -0.2) is 39.0 Å². The van der Waals surface area contributed by atoms with Crippen molar-refractivity contribution in [3.63, 3.8) is 0 Å². The summed E-state index contributed by atoms with van der Waals surface area (Å²) in [4.78, 5) is 11.8. The lowest BCUT2D eigenvalue weighted by Crippen LogP contribution is -2.29. The number of carbonyl (C=O) groups excluding carboxylic acids is 1. The third kappa shape index (κ3) is 2.65. The van der Waals surface area contributed by atoms with Gasteiger partial charge >= 0.3 is 0 Å². The molecule has 1 fully saturated rings. The van der Waals surface area contributed by atoms with Gasteiger partial charge in [-0.3, -0.25) is 14.6 Å². The van der Waals surface area contributed by atoms with Crippen molar-refractivity contribution in [1.82, 2.24) is 25.3 Å². The molecule has 7 heteroatoms. The average Bonchev–Trinajstić information content (AvgIpc) is 3.11. The first kappa shape index (κ1) is 11.9. The lowest BCUT2D eigenvalue weighted by molar-refractivity contribution is 0.102. The van der Waals surface area contributed by atoms with E-state index in [0.29, 0.717) is 17.3 Å². The molecule has 0 aliphatic carbocycles. The van der Waals surface area contributed by atoms with Crippen LogP contribution in [0.25, 0.3) is 0 Å². The van der Waals surface area contributed by atoms with Gasteiger partial charge in [-0.05, 0) is 25.9 Å². The Bertz CT molecular complexity index is 540. The summed E-state index contributed by atoms with van der Waals surface area (Å²) in [6.45, 7) is 2.03. The first-order chi connectivity index (χ1) is 9.33. The van der Waals surface area contributed by atoms with Gasteiger partial charge in [-0.2, -0.15) is 10.2 Å². The van der Waals surface area contributed by atoms with E-state index in [1.54, 1.807) is 12.4 Å². The van der Waals surface area contributed by atoms with E-state index >= 15 is 0 Å². The van der Waals surface area contributed by atoms with E-state index in [4.69, 9.17) is 0 Å². The molecule has 1 saturated heterocycles. The SMILES string of the molecule is O=C(Nc1cnn(C2CCNCC2)c1)c1cn[nH]c1. The Morgan fingerprint density at radius 3 is 2.95 bits per heavy atom. The van der Waals surface area contributed by atoms with Crippen molar-refractivity contribution in [3.8, 4) is 0 Å². The standard InChI is InChI=1S/C12H16N6O/c19-12(9-5-14-15-6-9)17-10-7-16-18(8-10)11-1-3-13-4-2-11/h5-8,11,13H,1-4H2,(H,14,15)(H,17,19). The fourth-order valence-electron chi connectivity index (χ4n) is 2.25. The van der Waals surface area contributed by atoms with Gasteiger partial charge in [-0.15, -0.1) is 0 Å². The number of hydrogen-bond acceptors (Lipinski definition) is 4. The number of anilines is 1. The van der Waals surface area contributed by atoms with Crippen LogP contribution in [0.15, 0.2) is 24.8 Å². The summed E-state index contributed by atoms with van der Waals surface area (Å²) in [5.41, 5.74) is 1.22. The maximum Gasteiger partial charge on any atom is 0.258 e. The minimum absolute atomic E-state index is 0.182. The van der Waals surface area contributed by atoms with Gasteiger partial charge in [0.25, 0.3) is 5.91 Å². The molecule has 0 atom stereocenters. The molecule has 1 aliphatic heterocycles. The number of hydrogen-bond donors (Lipinski definition) is 3. The highest BCUT2D eigenvalue weighted by molar-refractivity contribution is 6.03. The Morgan fingerprint density at radius 1 is 1.37 bits per heavy atom. The molecule has 0 bridgehead atoms. The number of H-pyrrole nitrogens is 1. The number of carbonyl (C=O) groups is 1. The summed E-state index contributed by atoms with van der Waals surface area (Å²) in [5, 5.41) is 16.8. The molecule has 1 amide bonds. The molecule has 7 nitrogen and oxygen atoms in total. The van der Waals surface area contributed by atoms with Crippen LogP contribution in [0, 0.1) is 0 Å². The highest BCUT2D eigenvalue weighted by atomic mass is 16.1. The molecular weight excluding hydrogens is 244 g/mol. The quantitative estimate of drug-likeness (QED) is 0.761. The fraction of sp³-hybridized carbons (Fsp3) is 0.417. The molecule has 1 aliphatic rings. The van der Waals surface area contributed by atoms with E-state index in [-0.39, 0.29) is 5.91 Å². The molecule has 100 valence electrons. The van der Waals surface area contributed by atoms with Gasteiger partial charge in [0, 0.05) is 12.4 Å². The Morgan fingerprint density at radius 2 is 2.21 bits per heavy atom. The number of nitrogens with one attached hydrogen (secondary N) is 3. The Labute approximate surface area is 110 Å². The van der Waals surface area contributed by atoms with Crippen molar-refractivity contribution in [2.24, 2.45) is 0 Å². The largest absolute Gasteiger partial charge is 0.319 e. The zero-order chi connectivity index (χ0) is 13.1. The predicted molar refractivity (Wildman–Crippen MR) is 69.9 cm³/mol. The van der Waals surface area contributed by atoms with E-state index < -0.39 is 0 Å². The smallest absolute Gasteiger partial charge is 0.258 e. The van der Waals surface area contributed by atoms with Crippen LogP contribution >= 0.6 is 0 Å². The van der Waals surface area contributed by atoms with Gasteiger partial charge in [0.2, 0.25) is 0 Å². The van der Waals surface area contributed by atoms with Gasteiger partial charge in [0.15, 0.2) is 0 Å². The van der Waals surface area contributed by atoms with Gasteiger partial charge < -0.3 is 10.6 Å². The summed E-state index contributed by atoms with van der Waals surface area (Å²) in [5.74, 6) is -0.182. The maximum atomic E-state index is 11.8. The minimum Gasteiger partial charge on any atom is -0.319 e. The lowest BCUT2D eigenvalue weighted by Gasteiger charge is -2.22. The molecule has 2 aromatic rings. The molecule has 0 spiro atoms. The zero-order valence-electron chi connectivity index (χ0n) is 10.5. The number of rotatable bonds is 3. The molecule has 3 heterocycles. The second-order valence-corrected chi connectivity index (χ2v) is 4.63. The molecule has 3 rings (SSSR count). The van der Waals surface area contributed by atoms with E-state index in [9.17, 15) is 4.79 Å². The molecule has 2 aromatic heterocycles. The van der Waals surface area contributed by atoms with Crippen LogP contribution in [0.2, 0.25) is 0 Å². The molecule has 0 radical (unpaired) electrons. The predicted octanol–water partition coefficient (Wildman–Crippen LogP) is 0.783. The number of aromatic nitrogens is 4. The Hall–Kier alpha value is -2.15. The number of amides is 1. The van der Waals surface area contributed by atoms with Crippen molar-refractivity contribution >= 4 is 11.6 Å². The van der Waals surface area contributed by atoms with Crippen LogP contribution in [0.1, 0.15) is 29.2 Å². The van der Waals surface area contributed by atoms with Crippen molar-refractivity contribution in [1.29, 1.82) is 0 Å². The third-order valence-electron chi connectivity index (χ3n) is 3.30. The molecule has 19 heavy (non-hydrogen) atoms. The van der Waals surface area contributed by atoms with E-state index in [1.807, 2.05) is 10.9 Å². The molecule has 0 saturated carbocycles. The molecule has 0 aromatic carbocycles. The highest BCUT2D eigenvalue weighted by Gasteiger charge is 2.16. The summed E-state index contributed by atoms with van der Waals surface area (Å²) in [6, 6.07) is 0.417. The van der Waals surface area contributed by atoms with Crippen molar-refractivity contribution in [3.05, 3.63) is 30.4 Å². The van der Waals surface area contributed by atoms with E-state index in [1.165, 1.54) is 6.20 Å². The highest BCUT2D eigenvalue weighted by Crippen LogP contribution is 2.19. The van der Waals surface area contributed by atoms with E-state index in [2.05, 4.69) is 25.9 Å². The number of aromatic amines is 1. The Kier molecular flexibility index (Phi) is 3.28. The lowest BCUT2D eigenvalue weighted by atomic mass is 10.1. The Balaban J connectivity index is 1.66. The van der Waals surface area contributed by atoms with Crippen LogP contribution in [0.4, 0.5) is 5.69 Å². The second-order valence-electron chi connectivity index (χ2n) is 4.63. The summed E-state index contributed by atoms with van der Waals surface area (Å²) < 4.78 is 1.94. The van der Waals surface area contributed by atoms with Crippen LogP contribution in [0.3, 0.4) is 0 Å². The molecule has 0 unspecified atom stereocenters. The average molecular weight is 260 g/mol. The zero-order valence-corrected chi connectivity index (χ0v) is 10.5. The first-order valence-electron chi connectivity index (χ1n) is 6.38. The van der Waals surface area contributed by atoms with Crippen LogP contribution in [0.5, 0.6) is 0 Å². The monoisotopic (exact) mass is 260 g/mol. The van der Waals surface area contributed by atoms with Crippen molar-refractivity contribution in [2.45, 2.75) is 18.9 Å². The second kappa shape index (κ2) is 5.23. The van der Waals surface area contributed by atoms with Crippen LogP contribution < -0.4 is 10.6 Å². The minimum atomic E-state index is -0.182. The fourth-order valence-corrected chi connectivity index (χ4v) is 2.25. The maximum absolute atomic E-state index is 11.8. The van der Waals surface area contributed by atoms with Gasteiger partial charge in [-0.25, -0.2) is 0 Å².